The van der Waals surface area contributed by atoms with Crippen molar-refractivity contribution in [2.75, 3.05) is 12.3 Å². The summed E-state index contributed by atoms with van der Waals surface area (Å²) >= 11 is 7.49. The highest BCUT2D eigenvalue weighted by molar-refractivity contribution is 9.10. The van der Waals surface area contributed by atoms with Crippen LogP contribution in [0, 0.1) is 0 Å². The molecule has 0 saturated carbocycles. The quantitative estimate of drug-likeness (QED) is 0.756. The van der Waals surface area contributed by atoms with Crippen LogP contribution in [0.4, 0.5) is 0 Å². The lowest BCUT2D eigenvalue weighted by Crippen LogP contribution is -2.25. The van der Waals surface area contributed by atoms with Crippen molar-refractivity contribution in [2.45, 2.75) is 0 Å². The van der Waals surface area contributed by atoms with Gasteiger partial charge in [-0.15, -0.1) is 0 Å². The number of rotatable bonds is 4. The predicted molar refractivity (Wildman–Crippen MR) is 77.9 cm³/mol. The summed E-state index contributed by atoms with van der Waals surface area (Å²) in [5, 5.41) is 9.60. The molecule has 6 heteroatoms. The Morgan fingerprint density at radius 1 is 1.44 bits per heavy atom. The topological polar surface area (TPSA) is 57.8 Å². The van der Waals surface area contributed by atoms with E-state index in [1.54, 1.807) is 6.07 Å². The number of amides is 1. The Labute approximate surface area is 119 Å². The number of carbonyl (C=O) groups excluding carboxylic acids is 1. The van der Waals surface area contributed by atoms with Crippen molar-refractivity contribution in [2.24, 2.45) is 0 Å². The Kier molecular flexibility index (Phi) is 4.43. The summed E-state index contributed by atoms with van der Waals surface area (Å²) in [7, 11) is 0. The van der Waals surface area contributed by atoms with Gasteiger partial charge in [-0.2, -0.15) is 17.7 Å². The molecule has 4 nitrogen and oxygen atoms in total. The van der Waals surface area contributed by atoms with Crippen LogP contribution in [0.5, 0.6) is 0 Å². The van der Waals surface area contributed by atoms with E-state index in [9.17, 15) is 4.79 Å². The number of H-pyrrole nitrogens is 1. The summed E-state index contributed by atoms with van der Waals surface area (Å²) in [6, 6.07) is 9.46. The first-order valence-electron chi connectivity index (χ1n) is 5.41. The van der Waals surface area contributed by atoms with Crippen molar-refractivity contribution in [3.63, 3.8) is 0 Å². The zero-order valence-corrected chi connectivity index (χ0v) is 12.0. The Hall–Kier alpha value is -1.27. The van der Waals surface area contributed by atoms with Crippen molar-refractivity contribution in [3.8, 4) is 11.3 Å². The van der Waals surface area contributed by atoms with Gasteiger partial charge in [-0.05, 0) is 12.1 Å². The number of hydrogen-bond donors (Lipinski definition) is 3. The number of halogens is 1. The molecule has 0 aliphatic heterocycles. The molecule has 1 amide bonds. The SMILES string of the molecule is O=C(NCCS)c1cc(-c2ccccc2Br)n[nH]1. The number of nitrogens with zero attached hydrogens (tertiary/aromatic N) is 1. The van der Waals surface area contributed by atoms with Gasteiger partial charge in [-0.3, -0.25) is 9.89 Å². The minimum Gasteiger partial charge on any atom is -0.350 e. The largest absolute Gasteiger partial charge is 0.350 e. The van der Waals surface area contributed by atoms with Gasteiger partial charge in [0, 0.05) is 22.3 Å². The lowest BCUT2D eigenvalue weighted by Gasteiger charge is -1.99. The maximum atomic E-state index is 11.7. The third-order valence-corrected chi connectivity index (χ3v) is 3.28. The number of carbonyl (C=O) groups is 1. The van der Waals surface area contributed by atoms with Gasteiger partial charge in [0.05, 0.1) is 5.69 Å². The molecule has 1 aromatic heterocycles. The first-order chi connectivity index (χ1) is 8.72. The second-order valence-corrected chi connectivity index (χ2v) is 4.93. The molecule has 0 bridgehead atoms. The third kappa shape index (κ3) is 2.94. The standard InChI is InChI=1S/C12H12BrN3OS/c13-9-4-2-1-3-8(9)10-7-11(16-15-10)12(17)14-5-6-18/h1-4,7,18H,5-6H2,(H,14,17)(H,15,16). The van der Waals surface area contributed by atoms with Crippen LogP contribution in [-0.2, 0) is 0 Å². The monoisotopic (exact) mass is 325 g/mol. The number of hydrogen-bond acceptors (Lipinski definition) is 3. The summed E-state index contributed by atoms with van der Waals surface area (Å²) in [6.07, 6.45) is 0. The number of nitrogens with one attached hydrogen (secondary N) is 2. The second-order valence-electron chi connectivity index (χ2n) is 3.63. The van der Waals surface area contributed by atoms with Crippen LogP contribution < -0.4 is 5.32 Å². The lowest BCUT2D eigenvalue weighted by molar-refractivity contribution is 0.0951. The molecule has 0 spiro atoms. The fraction of sp³-hybridized carbons (Fsp3) is 0.167. The number of thiol groups is 1. The first kappa shape index (κ1) is 13.2. The van der Waals surface area contributed by atoms with E-state index in [0.717, 1.165) is 15.7 Å². The highest BCUT2D eigenvalue weighted by atomic mass is 79.9. The second kappa shape index (κ2) is 6.06. The van der Waals surface area contributed by atoms with E-state index < -0.39 is 0 Å². The summed E-state index contributed by atoms with van der Waals surface area (Å²) in [5.74, 6) is 0.437. The fourth-order valence-corrected chi connectivity index (χ4v) is 2.11. The molecule has 0 saturated heterocycles. The van der Waals surface area contributed by atoms with E-state index in [-0.39, 0.29) is 5.91 Å². The summed E-state index contributed by atoms with van der Waals surface area (Å²) in [5.41, 5.74) is 2.13. The van der Waals surface area contributed by atoms with Gasteiger partial charge in [0.1, 0.15) is 5.69 Å². The van der Waals surface area contributed by atoms with Crippen molar-refractivity contribution in [1.82, 2.24) is 15.5 Å². The molecule has 2 rings (SSSR count). The zero-order valence-electron chi connectivity index (χ0n) is 9.48. The smallest absolute Gasteiger partial charge is 0.269 e. The average Bonchev–Trinajstić information content (AvgIpc) is 2.86. The molecule has 2 N–H and O–H groups in total. The molecule has 18 heavy (non-hydrogen) atoms. The molecule has 0 fully saturated rings. The maximum Gasteiger partial charge on any atom is 0.269 e. The molecule has 0 radical (unpaired) electrons. The van der Waals surface area contributed by atoms with Gasteiger partial charge in [0.15, 0.2) is 0 Å². The number of benzene rings is 1. The Morgan fingerprint density at radius 2 is 2.22 bits per heavy atom. The predicted octanol–water partition coefficient (Wildman–Crippen LogP) is 2.50. The molecule has 0 atom stereocenters. The minimum atomic E-state index is -0.171. The highest BCUT2D eigenvalue weighted by Crippen LogP contribution is 2.26. The molecular weight excluding hydrogens is 314 g/mol. The van der Waals surface area contributed by atoms with Crippen LogP contribution in [0.15, 0.2) is 34.8 Å². The van der Waals surface area contributed by atoms with Crippen LogP contribution in [0.2, 0.25) is 0 Å². The van der Waals surface area contributed by atoms with Gasteiger partial charge in [-0.25, -0.2) is 0 Å². The lowest BCUT2D eigenvalue weighted by atomic mass is 10.1. The summed E-state index contributed by atoms with van der Waals surface area (Å²) in [4.78, 5) is 11.7. The normalized spacial score (nSPS) is 10.3. The van der Waals surface area contributed by atoms with E-state index >= 15 is 0 Å². The Balaban J connectivity index is 2.21. The fourth-order valence-electron chi connectivity index (χ4n) is 1.51. The summed E-state index contributed by atoms with van der Waals surface area (Å²) < 4.78 is 0.943. The van der Waals surface area contributed by atoms with Gasteiger partial charge < -0.3 is 5.32 Å². The van der Waals surface area contributed by atoms with E-state index in [4.69, 9.17) is 0 Å². The first-order valence-corrected chi connectivity index (χ1v) is 6.84. The van der Waals surface area contributed by atoms with Crippen LogP contribution in [0.25, 0.3) is 11.3 Å². The van der Waals surface area contributed by atoms with Gasteiger partial charge in [0.25, 0.3) is 5.91 Å². The average molecular weight is 326 g/mol. The van der Waals surface area contributed by atoms with Gasteiger partial charge in [-0.1, -0.05) is 34.1 Å². The third-order valence-electron chi connectivity index (χ3n) is 2.37. The maximum absolute atomic E-state index is 11.7. The zero-order chi connectivity index (χ0) is 13.0. The van der Waals surface area contributed by atoms with Crippen LogP contribution in [0.3, 0.4) is 0 Å². The van der Waals surface area contributed by atoms with Crippen molar-refractivity contribution >= 4 is 34.5 Å². The van der Waals surface area contributed by atoms with Crippen molar-refractivity contribution in [1.29, 1.82) is 0 Å². The number of aromatic nitrogens is 2. The molecule has 94 valence electrons. The van der Waals surface area contributed by atoms with Crippen molar-refractivity contribution < 1.29 is 4.79 Å². The van der Waals surface area contributed by atoms with Gasteiger partial charge in [0.2, 0.25) is 0 Å². The molecule has 0 aliphatic rings. The van der Waals surface area contributed by atoms with E-state index in [1.807, 2.05) is 24.3 Å². The molecule has 0 unspecified atom stereocenters. The van der Waals surface area contributed by atoms with Crippen molar-refractivity contribution in [3.05, 3.63) is 40.5 Å². The Morgan fingerprint density at radius 3 is 2.94 bits per heavy atom. The van der Waals surface area contributed by atoms with Crippen LogP contribution in [-0.4, -0.2) is 28.4 Å². The molecule has 2 aromatic rings. The van der Waals surface area contributed by atoms with E-state index in [2.05, 4.69) is 44.1 Å². The van der Waals surface area contributed by atoms with E-state index in [0.29, 0.717) is 18.0 Å². The minimum absolute atomic E-state index is 0.171. The van der Waals surface area contributed by atoms with Crippen LogP contribution in [0.1, 0.15) is 10.5 Å². The molecule has 1 heterocycles. The number of aromatic amines is 1. The molecular formula is C12H12BrN3OS. The summed E-state index contributed by atoms with van der Waals surface area (Å²) in [6.45, 7) is 0.533. The molecule has 0 aliphatic carbocycles. The highest BCUT2D eigenvalue weighted by Gasteiger charge is 2.11. The van der Waals surface area contributed by atoms with Crippen LogP contribution >= 0.6 is 28.6 Å². The van der Waals surface area contributed by atoms with E-state index in [1.165, 1.54) is 0 Å². The molecule has 1 aromatic carbocycles. The Bertz CT molecular complexity index is 556. The van der Waals surface area contributed by atoms with Gasteiger partial charge >= 0.3 is 0 Å².